The van der Waals surface area contributed by atoms with Gasteiger partial charge in [-0.3, -0.25) is 0 Å². The van der Waals surface area contributed by atoms with Gasteiger partial charge in [-0.1, -0.05) is 37.1 Å². The number of benzene rings is 2. The van der Waals surface area contributed by atoms with Crippen LogP contribution in [0.5, 0.6) is 0 Å². The van der Waals surface area contributed by atoms with E-state index in [1.807, 2.05) is 24.3 Å². The molecule has 3 rings (SSSR count). The third kappa shape index (κ3) is 3.31. The van der Waals surface area contributed by atoms with Gasteiger partial charge in [0.1, 0.15) is 5.82 Å². The molecule has 0 saturated heterocycles. The highest BCUT2D eigenvalue weighted by atomic mass is 35.5. The fourth-order valence-electron chi connectivity index (χ4n) is 2.68. The first-order chi connectivity index (χ1) is 11.4. The number of rotatable bonds is 5. The number of imidazole rings is 1. The Morgan fingerprint density at radius 3 is 2.67 bits per heavy atom. The summed E-state index contributed by atoms with van der Waals surface area (Å²) < 4.78 is 25.3. The molecule has 1 heterocycles. The molecule has 0 unspecified atom stereocenters. The van der Waals surface area contributed by atoms with Crippen molar-refractivity contribution >= 4 is 32.7 Å². The molecule has 5 nitrogen and oxygen atoms in total. The maximum absolute atomic E-state index is 11.6. The van der Waals surface area contributed by atoms with Crippen molar-refractivity contribution < 1.29 is 8.42 Å². The minimum Gasteiger partial charge on any atom is -0.324 e. The molecule has 0 aliphatic heterocycles. The maximum atomic E-state index is 11.6. The van der Waals surface area contributed by atoms with Gasteiger partial charge in [0.2, 0.25) is 10.0 Å². The quantitative estimate of drug-likeness (QED) is 0.748. The van der Waals surface area contributed by atoms with Gasteiger partial charge in [0.25, 0.3) is 0 Å². The van der Waals surface area contributed by atoms with Gasteiger partial charge < -0.3 is 4.57 Å². The number of primary sulfonamides is 1. The van der Waals surface area contributed by atoms with E-state index < -0.39 is 10.0 Å². The highest BCUT2D eigenvalue weighted by Gasteiger charge is 2.16. The minimum absolute atomic E-state index is 0.0628. The number of sulfonamides is 1. The first kappa shape index (κ1) is 17.0. The number of aromatic nitrogens is 2. The topological polar surface area (TPSA) is 78.0 Å². The van der Waals surface area contributed by atoms with Gasteiger partial charge in [-0.05, 0) is 36.8 Å². The van der Waals surface area contributed by atoms with Gasteiger partial charge in [0.05, 0.1) is 15.9 Å². The third-order valence-electron chi connectivity index (χ3n) is 3.87. The summed E-state index contributed by atoms with van der Waals surface area (Å²) in [6, 6.07) is 12.3. The summed E-state index contributed by atoms with van der Waals surface area (Å²) in [5.41, 5.74) is 2.38. The summed E-state index contributed by atoms with van der Waals surface area (Å²) in [4.78, 5) is 4.70. The Bertz CT molecular complexity index is 996. The standard InChI is InChI=1S/C17H18ClN3O2S/c1-2-3-9-21-16-8-7-14(24(19,22)23)11-15(16)20-17(21)12-5-4-6-13(18)10-12/h4-8,10-11H,2-3,9H2,1H3,(H2,19,22,23). The van der Waals surface area contributed by atoms with Crippen LogP contribution in [-0.2, 0) is 16.6 Å². The Morgan fingerprint density at radius 2 is 2.00 bits per heavy atom. The predicted molar refractivity (Wildman–Crippen MR) is 96.5 cm³/mol. The van der Waals surface area contributed by atoms with Gasteiger partial charge in [-0.2, -0.15) is 0 Å². The maximum Gasteiger partial charge on any atom is 0.238 e. The molecular formula is C17H18ClN3O2S. The lowest BCUT2D eigenvalue weighted by Crippen LogP contribution is -2.11. The summed E-state index contributed by atoms with van der Waals surface area (Å²) in [7, 11) is -3.76. The van der Waals surface area contributed by atoms with E-state index in [1.165, 1.54) is 12.1 Å². The SMILES string of the molecule is CCCCn1c(-c2cccc(Cl)c2)nc2cc(S(N)(=O)=O)ccc21. The van der Waals surface area contributed by atoms with E-state index in [0.717, 1.165) is 36.3 Å². The van der Waals surface area contributed by atoms with Gasteiger partial charge in [0, 0.05) is 17.1 Å². The number of halogens is 1. The van der Waals surface area contributed by atoms with Crippen molar-refractivity contribution in [2.45, 2.75) is 31.2 Å². The third-order valence-corrected chi connectivity index (χ3v) is 5.01. The van der Waals surface area contributed by atoms with Gasteiger partial charge >= 0.3 is 0 Å². The number of nitrogens with two attached hydrogens (primary N) is 1. The van der Waals surface area contributed by atoms with Crippen LogP contribution in [0.4, 0.5) is 0 Å². The van der Waals surface area contributed by atoms with E-state index in [-0.39, 0.29) is 4.90 Å². The first-order valence-electron chi connectivity index (χ1n) is 7.69. The molecule has 0 spiro atoms. The molecule has 0 amide bonds. The van der Waals surface area contributed by atoms with Crippen LogP contribution in [0, 0.1) is 0 Å². The molecule has 126 valence electrons. The summed E-state index contributed by atoms with van der Waals surface area (Å²) in [5.74, 6) is 0.771. The van der Waals surface area contributed by atoms with Crippen LogP contribution in [0.3, 0.4) is 0 Å². The van der Waals surface area contributed by atoms with E-state index in [0.29, 0.717) is 10.5 Å². The van der Waals surface area contributed by atoms with Crippen molar-refractivity contribution in [1.82, 2.24) is 9.55 Å². The second kappa shape index (κ2) is 6.55. The largest absolute Gasteiger partial charge is 0.324 e. The van der Waals surface area contributed by atoms with E-state index in [4.69, 9.17) is 16.7 Å². The monoisotopic (exact) mass is 363 g/mol. The van der Waals surface area contributed by atoms with Crippen molar-refractivity contribution in [3.05, 3.63) is 47.5 Å². The van der Waals surface area contributed by atoms with Crippen LogP contribution in [-0.4, -0.2) is 18.0 Å². The molecule has 1 aromatic heterocycles. The van der Waals surface area contributed by atoms with Crippen molar-refractivity contribution in [3.8, 4) is 11.4 Å². The predicted octanol–water partition coefficient (Wildman–Crippen LogP) is 3.80. The lowest BCUT2D eigenvalue weighted by atomic mass is 10.2. The van der Waals surface area contributed by atoms with Gasteiger partial charge in [0.15, 0.2) is 0 Å². The molecule has 0 saturated carbocycles. The van der Waals surface area contributed by atoms with E-state index in [2.05, 4.69) is 16.5 Å². The minimum atomic E-state index is -3.76. The summed E-state index contributed by atoms with van der Waals surface area (Å²) in [6.07, 6.45) is 2.04. The Hall–Kier alpha value is -1.89. The van der Waals surface area contributed by atoms with Crippen LogP contribution >= 0.6 is 11.6 Å². The smallest absolute Gasteiger partial charge is 0.238 e. The Kier molecular flexibility index (Phi) is 4.62. The highest BCUT2D eigenvalue weighted by Crippen LogP contribution is 2.28. The highest BCUT2D eigenvalue weighted by molar-refractivity contribution is 7.89. The number of aryl methyl sites for hydroxylation is 1. The number of fused-ring (bicyclic) bond motifs is 1. The molecule has 0 bridgehead atoms. The molecule has 0 aliphatic carbocycles. The summed E-state index contributed by atoms with van der Waals surface area (Å²) >= 11 is 6.10. The molecule has 0 atom stereocenters. The van der Waals surface area contributed by atoms with Crippen LogP contribution < -0.4 is 5.14 Å². The summed E-state index contributed by atoms with van der Waals surface area (Å²) in [6.45, 7) is 2.92. The normalized spacial score (nSPS) is 12.0. The molecule has 2 aromatic carbocycles. The van der Waals surface area contributed by atoms with E-state index in [9.17, 15) is 8.42 Å². The fourth-order valence-corrected chi connectivity index (χ4v) is 3.40. The van der Waals surface area contributed by atoms with Gasteiger partial charge in [-0.15, -0.1) is 0 Å². The zero-order chi connectivity index (χ0) is 17.3. The Labute approximate surface area is 146 Å². The Morgan fingerprint density at radius 1 is 1.21 bits per heavy atom. The molecule has 0 aliphatic rings. The number of nitrogens with zero attached hydrogens (tertiary/aromatic N) is 2. The Balaban J connectivity index is 2.23. The lowest BCUT2D eigenvalue weighted by Gasteiger charge is -2.09. The van der Waals surface area contributed by atoms with Crippen LogP contribution in [0.15, 0.2) is 47.4 Å². The lowest BCUT2D eigenvalue weighted by molar-refractivity contribution is 0.598. The van der Waals surface area contributed by atoms with Crippen LogP contribution in [0.2, 0.25) is 5.02 Å². The molecule has 3 aromatic rings. The number of hydrogen-bond acceptors (Lipinski definition) is 3. The van der Waals surface area contributed by atoms with Crippen molar-refractivity contribution in [2.24, 2.45) is 5.14 Å². The number of unbranched alkanes of at least 4 members (excludes halogenated alkanes) is 1. The molecule has 0 radical (unpaired) electrons. The van der Waals surface area contributed by atoms with Crippen LogP contribution in [0.25, 0.3) is 22.4 Å². The zero-order valence-corrected chi connectivity index (χ0v) is 14.8. The zero-order valence-electron chi connectivity index (χ0n) is 13.2. The fraction of sp³-hybridized carbons (Fsp3) is 0.235. The molecule has 7 heteroatoms. The van der Waals surface area contributed by atoms with Crippen molar-refractivity contribution in [3.63, 3.8) is 0 Å². The second-order valence-corrected chi connectivity index (χ2v) is 7.64. The van der Waals surface area contributed by atoms with E-state index in [1.54, 1.807) is 6.07 Å². The van der Waals surface area contributed by atoms with Crippen LogP contribution in [0.1, 0.15) is 19.8 Å². The van der Waals surface area contributed by atoms with E-state index >= 15 is 0 Å². The van der Waals surface area contributed by atoms with Crippen molar-refractivity contribution in [1.29, 1.82) is 0 Å². The molecular weight excluding hydrogens is 346 g/mol. The average Bonchev–Trinajstić information content (AvgIpc) is 2.90. The first-order valence-corrected chi connectivity index (χ1v) is 9.61. The molecule has 24 heavy (non-hydrogen) atoms. The summed E-state index contributed by atoms with van der Waals surface area (Å²) in [5, 5.41) is 5.86. The second-order valence-electron chi connectivity index (χ2n) is 5.65. The molecule has 2 N–H and O–H groups in total. The molecule has 0 fully saturated rings. The van der Waals surface area contributed by atoms with Gasteiger partial charge in [-0.25, -0.2) is 18.5 Å². The average molecular weight is 364 g/mol. The van der Waals surface area contributed by atoms with Crippen molar-refractivity contribution in [2.75, 3.05) is 0 Å². The number of hydrogen-bond donors (Lipinski definition) is 1.